The van der Waals surface area contributed by atoms with E-state index in [4.69, 9.17) is 0 Å². The second-order valence-corrected chi connectivity index (χ2v) is 2.60. The molecule has 0 aliphatic rings. The fraction of sp³-hybridized carbons (Fsp3) is 0.200. The molecule has 1 radical (unpaired) electrons. The van der Waals surface area contributed by atoms with Gasteiger partial charge in [0.05, 0.1) is 0 Å². The first-order valence-corrected chi connectivity index (χ1v) is 3.94. The molecule has 0 atom stereocenters. The van der Waals surface area contributed by atoms with Gasteiger partial charge in [-0.2, -0.15) is 0 Å². The molecule has 0 saturated carbocycles. The van der Waals surface area contributed by atoms with E-state index < -0.39 is 0 Å². The predicted molar refractivity (Wildman–Crippen MR) is 49.8 cm³/mol. The van der Waals surface area contributed by atoms with Crippen LogP contribution in [0.2, 0.25) is 0 Å². The highest BCUT2D eigenvalue weighted by Crippen LogP contribution is 2.09. The molecule has 2 heteroatoms. The first kappa shape index (κ1) is 8.78. The lowest BCUT2D eigenvalue weighted by molar-refractivity contribution is -0.112. The van der Waals surface area contributed by atoms with E-state index in [1.165, 1.54) is 5.56 Å². The third-order valence-electron chi connectivity index (χ3n) is 1.65. The Morgan fingerprint density at radius 3 is 2.42 bits per heavy atom. The lowest BCUT2D eigenvalue weighted by Gasteiger charge is -2.01. The van der Waals surface area contributed by atoms with Crippen molar-refractivity contribution in [2.24, 2.45) is 0 Å². The van der Waals surface area contributed by atoms with Gasteiger partial charge in [0.25, 0.3) is 0 Å². The van der Waals surface area contributed by atoms with Gasteiger partial charge in [0.2, 0.25) is 5.91 Å². The normalized spacial score (nSPS) is 9.50. The Balaban J connectivity index is 2.71. The standard InChI is InChI=1S/C10H12NO/c1-3-9-4-6-10(7-5-9)11-8(2)12/h4-7H,2-3H2,1H3,(H,11,12). The molecule has 0 aromatic heterocycles. The number of amides is 1. The number of carbonyl (C=O) groups is 1. The minimum Gasteiger partial charge on any atom is -0.326 e. The summed E-state index contributed by atoms with van der Waals surface area (Å²) in [5.74, 6) is -0.278. The van der Waals surface area contributed by atoms with Crippen molar-refractivity contribution < 1.29 is 4.79 Å². The van der Waals surface area contributed by atoms with E-state index >= 15 is 0 Å². The molecule has 0 saturated heterocycles. The number of rotatable bonds is 2. The number of hydrogen-bond donors (Lipinski definition) is 1. The van der Waals surface area contributed by atoms with Crippen LogP contribution in [0.3, 0.4) is 0 Å². The fourth-order valence-corrected chi connectivity index (χ4v) is 0.985. The summed E-state index contributed by atoms with van der Waals surface area (Å²) in [6, 6.07) is 7.74. The predicted octanol–water partition coefficient (Wildman–Crippen LogP) is 2.02. The quantitative estimate of drug-likeness (QED) is 0.708. The van der Waals surface area contributed by atoms with E-state index in [1.54, 1.807) is 0 Å². The van der Waals surface area contributed by atoms with Crippen molar-refractivity contribution in [1.82, 2.24) is 0 Å². The van der Waals surface area contributed by atoms with E-state index in [-0.39, 0.29) is 5.91 Å². The summed E-state index contributed by atoms with van der Waals surface area (Å²) in [6.07, 6.45) is 1.01. The number of anilines is 1. The van der Waals surface area contributed by atoms with Crippen molar-refractivity contribution >= 4 is 11.6 Å². The maximum Gasteiger partial charge on any atom is 0.224 e. The van der Waals surface area contributed by atoms with Crippen LogP contribution >= 0.6 is 0 Å². The van der Waals surface area contributed by atoms with E-state index in [0.29, 0.717) is 0 Å². The van der Waals surface area contributed by atoms with Crippen LogP contribution in [-0.4, -0.2) is 5.91 Å². The molecule has 0 bridgehead atoms. The highest BCUT2D eigenvalue weighted by atomic mass is 16.1. The van der Waals surface area contributed by atoms with Gasteiger partial charge in [-0.25, -0.2) is 0 Å². The van der Waals surface area contributed by atoms with E-state index in [1.807, 2.05) is 24.3 Å². The molecule has 0 aliphatic carbocycles. The third-order valence-corrected chi connectivity index (χ3v) is 1.65. The van der Waals surface area contributed by atoms with Crippen molar-refractivity contribution in [1.29, 1.82) is 0 Å². The monoisotopic (exact) mass is 162 g/mol. The number of hydrogen-bond acceptors (Lipinski definition) is 1. The minimum absolute atomic E-state index is 0.278. The van der Waals surface area contributed by atoms with Crippen LogP contribution in [0, 0.1) is 6.92 Å². The lowest BCUT2D eigenvalue weighted by Crippen LogP contribution is -2.05. The Kier molecular flexibility index (Phi) is 2.86. The molecule has 0 heterocycles. The van der Waals surface area contributed by atoms with Crippen LogP contribution in [0.5, 0.6) is 0 Å². The van der Waals surface area contributed by atoms with E-state index in [2.05, 4.69) is 19.2 Å². The van der Waals surface area contributed by atoms with Gasteiger partial charge in [-0.05, 0) is 24.1 Å². The maximum absolute atomic E-state index is 10.5. The maximum atomic E-state index is 10.5. The van der Waals surface area contributed by atoms with Crippen molar-refractivity contribution in [2.75, 3.05) is 5.32 Å². The Bertz CT molecular complexity index is 264. The zero-order valence-corrected chi connectivity index (χ0v) is 7.13. The van der Waals surface area contributed by atoms with Crippen LogP contribution in [0.4, 0.5) is 5.69 Å². The van der Waals surface area contributed by atoms with Gasteiger partial charge in [-0.15, -0.1) is 0 Å². The molecule has 0 spiro atoms. The zero-order valence-electron chi connectivity index (χ0n) is 7.13. The zero-order chi connectivity index (χ0) is 8.97. The Morgan fingerprint density at radius 2 is 2.00 bits per heavy atom. The summed E-state index contributed by atoms with van der Waals surface area (Å²) in [4.78, 5) is 10.5. The van der Waals surface area contributed by atoms with E-state index in [9.17, 15) is 4.79 Å². The van der Waals surface area contributed by atoms with Crippen molar-refractivity contribution in [3.63, 3.8) is 0 Å². The summed E-state index contributed by atoms with van der Waals surface area (Å²) < 4.78 is 0. The molecular weight excluding hydrogens is 150 g/mol. The SMILES string of the molecule is [CH2]C(=O)Nc1ccc(CC)cc1. The average molecular weight is 162 g/mol. The Hall–Kier alpha value is -1.31. The number of aryl methyl sites for hydroxylation is 1. The molecule has 2 nitrogen and oxygen atoms in total. The molecule has 0 fully saturated rings. The molecule has 1 amide bonds. The first-order valence-electron chi connectivity index (χ1n) is 3.94. The van der Waals surface area contributed by atoms with Crippen molar-refractivity contribution in [3.8, 4) is 0 Å². The van der Waals surface area contributed by atoms with Gasteiger partial charge in [0, 0.05) is 12.6 Å². The van der Waals surface area contributed by atoms with Crippen LogP contribution in [0.15, 0.2) is 24.3 Å². The summed E-state index contributed by atoms with van der Waals surface area (Å²) >= 11 is 0. The lowest BCUT2D eigenvalue weighted by atomic mass is 10.1. The smallest absolute Gasteiger partial charge is 0.224 e. The summed E-state index contributed by atoms with van der Waals surface area (Å²) in [6.45, 7) is 5.32. The van der Waals surface area contributed by atoms with E-state index in [0.717, 1.165) is 12.1 Å². The van der Waals surface area contributed by atoms with Gasteiger partial charge in [-0.3, -0.25) is 4.79 Å². The van der Waals surface area contributed by atoms with Gasteiger partial charge in [0.1, 0.15) is 0 Å². The average Bonchev–Trinajstić information content (AvgIpc) is 2.05. The van der Waals surface area contributed by atoms with Crippen molar-refractivity contribution in [2.45, 2.75) is 13.3 Å². The van der Waals surface area contributed by atoms with Crippen LogP contribution in [0.1, 0.15) is 12.5 Å². The second kappa shape index (κ2) is 3.90. The van der Waals surface area contributed by atoms with Crippen LogP contribution in [-0.2, 0) is 11.2 Å². The molecule has 0 unspecified atom stereocenters. The van der Waals surface area contributed by atoms with Crippen LogP contribution < -0.4 is 5.32 Å². The topological polar surface area (TPSA) is 29.1 Å². The molecule has 12 heavy (non-hydrogen) atoms. The number of benzene rings is 1. The van der Waals surface area contributed by atoms with Gasteiger partial charge in [0.15, 0.2) is 0 Å². The minimum atomic E-state index is -0.278. The highest BCUT2D eigenvalue weighted by Gasteiger charge is 1.94. The molecule has 1 aromatic rings. The summed E-state index contributed by atoms with van der Waals surface area (Å²) in [5, 5.41) is 2.61. The summed E-state index contributed by atoms with van der Waals surface area (Å²) in [7, 11) is 0. The van der Waals surface area contributed by atoms with Crippen LogP contribution in [0.25, 0.3) is 0 Å². The third kappa shape index (κ3) is 2.38. The highest BCUT2D eigenvalue weighted by molar-refractivity contribution is 5.93. The van der Waals surface area contributed by atoms with Gasteiger partial charge >= 0.3 is 0 Å². The van der Waals surface area contributed by atoms with Crippen molar-refractivity contribution in [3.05, 3.63) is 36.8 Å². The molecule has 0 aliphatic heterocycles. The first-order chi connectivity index (χ1) is 5.72. The second-order valence-electron chi connectivity index (χ2n) is 2.60. The molecule has 63 valence electrons. The molecular formula is C10H12NO. The molecule has 1 rings (SSSR count). The number of carbonyl (C=O) groups excluding carboxylic acids is 1. The largest absolute Gasteiger partial charge is 0.326 e. The Morgan fingerprint density at radius 1 is 1.42 bits per heavy atom. The number of nitrogens with one attached hydrogen (secondary N) is 1. The van der Waals surface area contributed by atoms with Gasteiger partial charge in [-0.1, -0.05) is 19.1 Å². The summed E-state index contributed by atoms with van der Waals surface area (Å²) in [5.41, 5.74) is 2.06. The van der Waals surface area contributed by atoms with Gasteiger partial charge < -0.3 is 5.32 Å². The molecule has 1 N–H and O–H groups in total. The Labute approximate surface area is 72.6 Å². The molecule has 1 aromatic carbocycles. The fourth-order valence-electron chi connectivity index (χ4n) is 0.985.